The van der Waals surface area contributed by atoms with Crippen LogP contribution in [0.15, 0.2) is 59.8 Å². The quantitative estimate of drug-likeness (QED) is 0.428. The van der Waals surface area contributed by atoms with Gasteiger partial charge < -0.3 is 11.2 Å². The molecule has 0 spiro atoms. The molecule has 0 unspecified atom stereocenters. The van der Waals surface area contributed by atoms with E-state index in [1.165, 1.54) is 16.4 Å². The van der Waals surface area contributed by atoms with Crippen molar-refractivity contribution in [3.05, 3.63) is 65.2 Å². The molecule has 0 aliphatic rings. The number of thioether (sulfide) groups is 1. The molecule has 1 amide bonds. The van der Waals surface area contributed by atoms with Gasteiger partial charge in [-0.1, -0.05) is 67.0 Å². The van der Waals surface area contributed by atoms with E-state index in [1.807, 2.05) is 42.5 Å². The third kappa shape index (κ3) is 5.05. The third-order valence-electron chi connectivity index (χ3n) is 4.21. The highest BCUT2D eigenvalue weighted by Crippen LogP contribution is 2.23. The minimum absolute atomic E-state index is 0.000301. The molecule has 146 valence electrons. The van der Waals surface area contributed by atoms with Crippen LogP contribution in [0.4, 0.5) is 0 Å². The first-order valence-electron chi connectivity index (χ1n) is 9.02. The molecule has 3 aromatic rings. The third-order valence-corrected chi connectivity index (χ3v) is 5.41. The summed E-state index contributed by atoms with van der Waals surface area (Å²) in [6.07, 6.45) is 1.86. The maximum Gasteiger partial charge on any atom is 0.230 e. The smallest absolute Gasteiger partial charge is 0.230 e. The highest BCUT2D eigenvalue weighted by atomic mass is 35.5. The van der Waals surface area contributed by atoms with Crippen molar-refractivity contribution < 1.29 is 4.79 Å². The Morgan fingerprint density at radius 1 is 1.18 bits per heavy atom. The van der Waals surface area contributed by atoms with Crippen LogP contribution in [-0.2, 0) is 4.79 Å². The predicted octanol–water partition coefficient (Wildman–Crippen LogP) is 4.06. The fourth-order valence-corrected chi connectivity index (χ4v) is 3.63. The molecule has 1 aromatic heterocycles. The summed E-state index contributed by atoms with van der Waals surface area (Å²) in [6, 6.07) is 17.2. The van der Waals surface area contributed by atoms with Crippen molar-refractivity contribution in [1.29, 1.82) is 0 Å². The van der Waals surface area contributed by atoms with Crippen LogP contribution in [0.5, 0.6) is 0 Å². The molecule has 0 saturated heterocycles. The Hall–Kier alpha value is -2.51. The van der Waals surface area contributed by atoms with Crippen molar-refractivity contribution in [1.82, 2.24) is 20.2 Å². The topological polar surface area (TPSA) is 85.8 Å². The highest BCUT2D eigenvalue weighted by Gasteiger charge is 2.16. The van der Waals surface area contributed by atoms with E-state index in [-0.39, 0.29) is 17.7 Å². The number of rotatable bonds is 8. The van der Waals surface area contributed by atoms with Gasteiger partial charge in [-0.2, -0.15) is 0 Å². The van der Waals surface area contributed by atoms with Gasteiger partial charge in [0.25, 0.3) is 0 Å². The largest absolute Gasteiger partial charge is 0.349 e. The molecule has 0 bridgehead atoms. The van der Waals surface area contributed by atoms with Gasteiger partial charge in [-0.3, -0.25) is 4.79 Å². The molecular weight excluding hydrogens is 394 g/mol. The van der Waals surface area contributed by atoms with Crippen molar-refractivity contribution in [2.24, 2.45) is 0 Å². The molecular formula is C20H22ClN5OS. The van der Waals surface area contributed by atoms with Crippen LogP contribution >= 0.6 is 23.4 Å². The van der Waals surface area contributed by atoms with E-state index in [2.05, 4.69) is 22.4 Å². The van der Waals surface area contributed by atoms with Crippen molar-refractivity contribution in [2.75, 3.05) is 11.6 Å². The van der Waals surface area contributed by atoms with Gasteiger partial charge in [0.05, 0.1) is 11.8 Å². The number of hydrogen-bond acceptors (Lipinski definition) is 5. The molecule has 3 rings (SSSR count). The van der Waals surface area contributed by atoms with Gasteiger partial charge in [-0.05, 0) is 36.2 Å². The predicted molar refractivity (Wildman–Crippen MR) is 114 cm³/mol. The SMILES string of the molecule is CCC[C@H](NC(=O)CSc1nnc(-c2ccc(Cl)cc2)n1N)c1ccccc1. The first-order valence-corrected chi connectivity index (χ1v) is 10.4. The van der Waals surface area contributed by atoms with Crippen LogP contribution in [0.25, 0.3) is 11.4 Å². The minimum Gasteiger partial charge on any atom is -0.349 e. The fraction of sp³-hybridized carbons (Fsp3) is 0.250. The Kier molecular flexibility index (Phi) is 6.95. The zero-order valence-electron chi connectivity index (χ0n) is 15.5. The molecule has 0 aliphatic carbocycles. The lowest BCUT2D eigenvalue weighted by atomic mass is 10.0. The van der Waals surface area contributed by atoms with Gasteiger partial charge in [0.1, 0.15) is 0 Å². The summed E-state index contributed by atoms with van der Waals surface area (Å²) in [5.74, 6) is 6.77. The first-order chi connectivity index (χ1) is 13.6. The minimum atomic E-state index is -0.0663. The number of nitrogen functional groups attached to an aromatic ring is 1. The van der Waals surface area contributed by atoms with Crippen LogP contribution in [-0.4, -0.2) is 26.5 Å². The van der Waals surface area contributed by atoms with Crippen molar-refractivity contribution in [3.8, 4) is 11.4 Å². The highest BCUT2D eigenvalue weighted by molar-refractivity contribution is 7.99. The maximum atomic E-state index is 12.5. The average molecular weight is 416 g/mol. The number of aromatic nitrogens is 3. The second-order valence-electron chi connectivity index (χ2n) is 6.29. The van der Waals surface area contributed by atoms with Gasteiger partial charge in [-0.15, -0.1) is 10.2 Å². The average Bonchev–Trinajstić information content (AvgIpc) is 3.08. The summed E-state index contributed by atoms with van der Waals surface area (Å²) in [5.41, 5.74) is 1.91. The van der Waals surface area contributed by atoms with Crippen LogP contribution in [0.3, 0.4) is 0 Å². The second kappa shape index (κ2) is 9.61. The van der Waals surface area contributed by atoms with Crippen LogP contribution in [0.2, 0.25) is 5.02 Å². The van der Waals surface area contributed by atoms with E-state index in [1.54, 1.807) is 12.1 Å². The molecule has 0 fully saturated rings. The Morgan fingerprint density at radius 2 is 1.89 bits per heavy atom. The van der Waals surface area contributed by atoms with Crippen molar-refractivity contribution in [3.63, 3.8) is 0 Å². The van der Waals surface area contributed by atoms with Gasteiger partial charge in [0.15, 0.2) is 5.82 Å². The van der Waals surface area contributed by atoms with Crippen molar-refractivity contribution >= 4 is 29.3 Å². The number of nitrogens with one attached hydrogen (secondary N) is 1. The Balaban J connectivity index is 1.62. The lowest BCUT2D eigenvalue weighted by Crippen LogP contribution is -2.30. The van der Waals surface area contributed by atoms with E-state index < -0.39 is 0 Å². The summed E-state index contributed by atoms with van der Waals surface area (Å²) in [6.45, 7) is 2.10. The van der Waals surface area contributed by atoms with Crippen molar-refractivity contribution in [2.45, 2.75) is 31.0 Å². The Morgan fingerprint density at radius 3 is 2.57 bits per heavy atom. The van der Waals surface area contributed by atoms with E-state index >= 15 is 0 Å². The zero-order valence-corrected chi connectivity index (χ0v) is 17.1. The Bertz CT molecular complexity index is 914. The second-order valence-corrected chi connectivity index (χ2v) is 7.67. The van der Waals surface area contributed by atoms with Gasteiger partial charge in [-0.25, -0.2) is 4.68 Å². The first kappa shape index (κ1) is 20.2. The molecule has 0 aliphatic heterocycles. The molecule has 3 N–H and O–H groups in total. The molecule has 2 aromatic carbocycles. The zero-order chi connectivity index (χ0) is 19.9. The molecule has 8 heteroatoms. The molecule has 0 saturated carbocycles. The summed E-state index contributed by atoms with van der Waals surface area (Å²) >= 11 is 7.17. The van der Waals surface area contributed by atoms with E-state index in [0.29, 0.717) is 16.0 Å². The van der Waals surface area contributed by atoms with Crippen LogP contribution in [0.1, 0.15) is 31.4 Å². The molecule has 28 heavy (non-hydrogen) atoms. The fourth-order valence-electron chi connectivity index (χ4n) is 2.83. The lowest BCUT2D eigenvalue weighted by Gasteiger charge is -2.18. The molecule has 6 nitrogen and oxygen atoms in total. The number of benzene rings is 2. The Labute approximate surface area is 173 Å². The van der Waals surface area contributed by atoms with E-state index in [4.69, 9.17) is 17.4 Å². The van der Waals surface area contributed by atoms with Crippen LogP contribution < -0.4 is 11.2 Å². The molecule has 1 heterocycles. The normalized spacial score (nSPS) is 11.9. The number of hydrogen-bond donors (Lipinski definition) is 2. The number of amides is 1. The molecule has 1 atom stereocenters. The van der Waals surface area contributed by atoms with Gasteiger partial charge >= 0.3 is 0 Å². The lowest BCUT2D eigenvalue weighted by molar-refractivity contribution is -0.119. The summed E-state index contributed by atoms with van der Waals surface area (Å²) in [7, 11) is 0. The molecule has 0 radical (unpaired) electrons. The number of carbonyl (C=O) groups is 1. The maximum absolute atomic E-state index is 12.5. The standard InChI is InChI=1S/C20H22ClN5OS/c1-2-6-17(14-7-4-3-5-8-14)23-18(27)13-28-20-25-24-19(26(20)22)15-9-11-16(21)12-10-15/h3-5,7-12,17H,2,6,13,22H2,1H3,(H,23,27)/t17-/m0/s1. The summed E-state index contributed by atoms with van der Waals surface area (Å²) in [5, 5.41) is 12.4. The number of nitrogens with zero attached hydrogens (tertiary/aromatic N) is 3. The van der Waals surface area contributed by atoms with Gasteiger partial charge in [0.2, 0.25) is 11.1 Å². The number of nitrogens with two attached hydrogens (primary N) is 1. The number of halogens is 1. The monoisotopic (exact) mass is 415 g/mol. The summed E-state index contributed by atoms with van der Waals surface area (Å²) < 4.78 is 1.39. The van der Waals surface area contributed by atoms with Crippen LogP contribution in [0, 0.1) is 0 Å². The van der Waals surface area contributed by atoms with Gasteiger partial charge in [0, 0.05) is 10.6 Å². The van der Waals surface area contributed by atoms with E-state index in [0.717, 1.165) is 24.0 Å². The number of carbonyl (C=O) groups excluding carboxylic acids is 1. The van der Waals surface area contributed by atoms with E-state index in [9.17, 15) is 4.79 Å². The summed E-state index contributed by atoms with van der Waals surface area (Å²) in [4.78, 5) is 12.5.